The van der Waals surface area contributed by atoms with Gasteiger partial charge in [-0.1, -0.05) is 18.0 Å². The van der Waals surface area contributed by atoms with Crippen LogP contribution in [0.4, 0.5) is 18.9 Å². The first-order valence-corrected chi connectivity index (χ1v) is 12.0. The number of rotatable bonds is 13. The van der Waals surface area contributed by atoms with E-state index in [1.165, 1.54) is 0 Å². The topological polar surface area (TPSA) is 97.8 Å². The fourth-order valence-electron chi connectivity index (χ4n) is 3.30. The molecule has 1 heterocycles. The second kappa shape index (κ2) is 14.4. The summed E-state index contributed by atoms with van der Waals surface area (Å²) in [5.41, 5.74) is 1.26. The molecule has 0 fully saturated rings. The van der Waals surface area contributed by atoms with Gasteiger partial charge in [0.1, 0.15) is 12.4 Å². The predicted octanol–water partition coefficient (Wildman–Crippen LogP) is 5.27. The highest BCUT2D eigenvalue weighted by Crippen LogP contribution is 2.23. The van der Waals surface area contributed by atoms with E-state index in [2.05, 4.69) is 15.0 Å². The number of carbonyl (C=O) groups excluding carboxylic acids is 3. The number of anilines is 1. The molecule has 8 nitrogen and oxygen atoms in total. The first-order chi connectivity index (χ1) is 17.5. The van der Waals surface area contributed by atoms with Gasteiger partial charge in [0, 0.05) is 54.2 Å². The molecule has 1 amide bonds. The van der Waals surface area contributed by atoms with Crippen LogP contribution >= 0.6 is 11.6 Å². The third-order valence-electron chi connectivity index (χ3n) is 5.10. The van der Waals surface area contributed by atoms with Crippen molar-refractivity contribution in [1.29, 1.82) is 0 Å². The van der Waals surface area contributed by atoms with Crippen LogP contribution in [-0.2, 0) is 14.3 Å². The van der Waals surface area contributed by atoms with Crippen molar-refractivity contribution in [1.82, 2.24) is 9.88 Å². The van der Waals surface area contributed by atoms with E-state index in [9.17, 15) is 27.6 Å². The van der Waals surface area contributed by atoms with Crippen molar-refractivity contribution in [2.45, 2.75) is 51.7 Å². The molecule has 0 saturated carbocycles. The Balaban J connectivity index is 1.84. The van der Waals surface area contributed by atoms with Crippen molar-refractivity contribution in [3.8, 4) is 5.75 Å². The molecule has 12 heteroatoms. The zero-order chi connectivity index (χ0) is 27.4. The fraction of sp³-hybridized carbons (Fsp3) is 0.440. The molecular formula is C25H29ClF3N3O5. The van der Waals surface area contributed by atoms with Crippen LogP contribution < -0.4 is 10.1 Å². The van der Waals surface area contributed by atoms with E-state index in [0.29, 0.717) is 48.9 Å². The van der Waals surface area contributed by atoms with Crippen LogP contribution in [-0.4, -0.2) is 59.6 Å². The highest BCUT2D eigenvalue weighted by Gasteiger charge is 2.42. The van der Waals surface area contributed by atoms with Gasteiger partial charge < -0.3 is 19.7 Å². The fourth-order valence-corrected chi connectivity index (χ4v) is 3.53. The quantitative estimate of drug-likeness (QED) is 0.209. The molecule has 1 aromatic carbocycles. The molecule has 37 heavy (non-hydrogen) atoms. The molecule has 0 spiro atoms. The number of carbonyl (C=O) groups is 3. The first-order valence-electron chi connectivity index (χ1n) is 11.7. The number of benzene rings is 1. The highest BCUT2D eigenvalue weighted by atomic mass is 35.5. The zero-order valence-electron chi connectivity index (χ0n) is 20.5. The lowest BCUT2D eigenvalue weighted by Crippen LogP contribution is -2.37. The summed E-state index contributed by atoms with van der Waals surface area (Å²) in [6.45, 7) is 4.91. The largest absolute Gasteiger partial charge is 0.492 e. The maximum atomic E-state index is 13.2. The van der Waals surface area contributed by atoms with Gasteiger partial charge in [-0.05, 0) is 57.0 Å². The van der Waals surface area contributed by atoms with Crippen molar-refractivity contribution in [2.75, 3.05) is 25.0 Å². The average Bonchev–Trinajstić information content (AvgIpc) is 2.83. The van der Waals surface area contributed by atoms with Gasteiger partial charge >= 0.3 is 18.1 Å². The van der Waals surface area contributed by atoms with E-state index in [-0.39, 0.29) is 24.8 Å². The van der Waals surface area contributed by atoms with Gasteiger partial charge in [0.2, 0.25) is 0 Å². The lowest BCUT2D eigenvalue weighted by Gasteiger charge is -2.27. The second-order valence-corrected chi connectivity index (χ2v) is 8.79. The van der Waals surface area contributed by atoms with Crippen molar-refractivity contribution in [3.05, 3.63) is 53.3 Å². The number of nitrogens with one attached hydrogen (secondary N) is 1. The summed E-state index contributed by atoms with van der Waals surface area (Å²) >= 11 is 6.21. The maximum Gasteiger partial charge on any atom is 0.491 e. The lowest BCUT2D eigenvalue weighted by atomic mass is 10.1. The Morgan fingerprint density at radius 2 is 1.78 bits per heavy atom. The van der Waals surface area contributed by atoms with Crippen LogP contribution in [0.2, 0.25) is 5.02 Å². The summed E-state index contributed by atoms with van der Waals surface area (Å²) in [7, 11) is 0. The van der Waals surface area contributed by atoms with Crippen molar-refractivity contribution < 1.29 is 37.0 Å². The molecule has 0 unspecified atom stereocenters. The van der Waals surface area contributed by atoms with Crippen LogP contribution in [0.3, 0.4) is 0 Å². The first kappa shape index (κ1) is 29.9. The molecule has 0 aliphatic heterocycles. The van der Waals surface area contributed by atoms with Gasteiger partial charge in [0.05, 0.1) is 0 Å². The molecule has 0 aliphatic rings. The lowest BCUT2D eigenvalue weighted by molar-refractivity contribution is -0.201. The standard InChI is InChI=1S/C25H29ClF3N3O5/c1-17(2)32(12-5-3-4-6-22(33)37-24(35)25(27,28)29)23(34)18-14-19(26)16-21(15-18)36-13-11-31-20-7-9-30-10-8-20/h7-10,14-17H,3-6,11-13H2,1-2H3,(H,30,31). The molecular weight excluding hydrogens is 515 g/mol. The van der Waals surface area contributed by atoms with E-state index < -0.39 is 18.1 Å². The Morgan fingerprint density at radius 3 is 2.43 bits per heavy atom. The number of halogens is 4. The van der Waals surface area contributed by atoms with Gasteiger partial charge in [0.25, 0.3) is 5.91 Å². The minimum Gasteiger partial charge on any atom is -0.492 e. The number of esters is 2. The SMILES string of the molecule is CC(C)N(CCCCCC(=O)OC(=O)C(F)(F)F)C(=O)c1cc(Cl)cc(OCCNc2ccncc2)c1. The number of aromatic nitrogens is 1. The van der Waals surface area contributed by atoms with E-state index in [0.717, 1.165) is 5.69 Å². The van der Waals surface area contributed by atoms with E-state index in [1.807, 2.05) is 26.0 Å². The normalized spacial score (nSPS) is 11.2. The highest BCUT2D eigenvalue weighted by molar-refractivity contribution is 6.31. The molecule has 1 aromatic heterocycles. The molecule has 2 rings (SSSR count). The number of amides is 1. The number of hydrogen-bond donors (Lipinski definition) is 1. The summed E-state index contributed by atoms with van der Waals surface area (Å²) in [5.74, 6) is -3.57. The molecule has 0 saturated heterocycles. The van der Waals surface area contributed by atoms with Crippen molar-refractivity contribution >= 4 is 35.1 Å². The Morgan fingerprint density at radius 1 is 1.08 bits per heavy atom. The molecule has 202 valence electrons. The molecule has 2 aromatic rings. The minimum absolute atomic E-state index is 0.144. The van der Waals surface area contributed by atoms with Gasteiger partial charge in [-0.2, -0.15) is 13.2 Å². The van der Waals surface area contributed by atoms with Gasteiger partial charge in [0.15, 0.2) is 0 Å². The van der Waals surface area contributed by atoms with E-state index >= 15 is 0 Å². The van der Waals surface area contributed by atoms with E-state index in [1.54, 1.807) is 35.5 Å². The van der Waals surface area contributed by atoms with Crippen molar-refractivity contribution in [3.63, 3.8) is 0 Å². The van der Waals surface area contributed by atoms with Gasteiger partial charge in [-0.15, -0.1) is 0 Å². The summed E-state index contributed by atoms with van der Waals surface area (Å²) in [5, 5.41) is 3.53. The zero-order valence-corrected chi connectivity index (χ0v) is 21.3. The molecule has 0 radical (unpaired) electrons. The van der Waals surface area contributed by atoms with Gasteiger partial charge in [-0.3, -0.25) is 14.6 Å². The minimum atomic E-state index is -5.21. The Hall–Kier alpha value is -3.34. The monoisotopic (exact) mass is 543 g/mol. The molecule has 0 aliphatic carbocycles. The number of pyridine rings is 1. The number of alkyl halides is 3. The smallest absolute Gasteiger partial charge is 0.491 e. The number of ether oxygens (including phenoxy) is 2. The Bertz CT molecular complexity index is 1050. The van der Waals surface area contributed by atoms with Crippen molar-refractivity contribution in [2.24, 2.45) is 0 Å². The van der Waals surface area contributed by atoms with Crippen LogP contribution in [0.5, 0.6) is 5.75 Å². The number of nitrogens with zero attached hydrogens (tertiary/aromatic N) is 2. The summed E-state index contributed by atoms with van der Waals surface area (Å²) < 4.78 is 45.9. The number of hydrogen-bond acceptors (Lipinski definition) is 7. The van der Waals surface area contributed by atoms with Crippen LogP contribution in [0.15, 0.2) is 42.7 Å². The van der Waals surface area contributed by atoms with Gasteiger partial charge in [-0.25, -0.2) is 4.79 Å². The van der Waals surface area contributed by atoms with Crippen LogP contribution in [0.1, 0.15) is 49.9 Å². The van der Waals surface area contributed by atoms with E-state index in [4.69, 9.17) is 16.3 Å². The number of unbranched alkanes of at least 4 members (excludes halogenated alkanes) is 2. The third kappa shape index (κ3) is 10.7. The van der Waals surface area contributed by atoms with Crippen LogP contribution in [0.25, 0.3) is 0 Å². The second-order valence-electron chi connectivity index (χ2n) is 8.35. The third-order valence-corrected chi connectivity index (χ3v) is 5.32. The maximum absolute atomic E-state index is 13.2. The Labute approximate surface area is 218 Å². The summed E-state index contributed by atoms with van der Waals surface area (Å²) in [6.07, 6.45) is -1.04. The Kier molecular flexibility index (Phi) is 11.6. The van der Waals surface area contributed by atoms with Crippen LogP contribution in [0, 0.1) is 0 Å². The molecule has 0 bridgehead atoms. The average molecular weight is 544 g/mol. The molecule has 0 atom stereocenters. The summed E-state index contributed by atoms with van der Waals surface area (Å²) in [4.78, 5) is 40.8. The summed E-state index contributed by atoms with van der Waals surface area (Å²) in [6, 6.07) is 8.30. The molecule has 1 N–H and O–H groups in total. The predicted molar refractivity (Wildman–Crippen MR) is 131 cm³/mol.